The lowest BCUT2D eigenvalue weighted by Crippen LogP contribution is -2.65. The Bertz CT molecular complexity index is 4970. The number of carbonyl (C=O) groups excluding carboxylic acids is 17. The van der Waals surface area contributed by atoms with Crippen molar-refractivity contribution in [3.63, 3.8) is 0 Å². The fraction of sp³-hybridized carbons (Fsp3) is 0.645. The number of aryl methyl sites for hydroxylation is 2. The van der Waals surface area contributed by atoms with Crippen molar-refractivity contribution in [2.24, 2.45) is 35.5 Å². The molecule has 3 aromatic rings. The first kappa shape index (κ1) is 124. The molecule has 43 nitrogen and oxygen atoms in total. The highest BCUT2D eigenvalue weighted by Gasteiger charge is 2.49. The summed E-state index contributed by atoms with van der Waals surface area (Å²) in [5, 5.41) is 98.6. The van der Waals surface area contributed by atoms with Gasteiger partial charge in [-0.3, -0.25) is 111 Å². The van der Waals surface area contributed by atoms with Gasteiger partial charge in [-0.1, -0.05) is 132 Å². The van der Waals surface area contributed by atoms with E-state index in [1.165, 1.54) is 20.8 Å². The van der Waals surface area contributed by atoms with Crippen LogP contribution in [0.1, 0.15) is 242 Å². The average Bonchev–Trinajstić information content (AvgIpc) is 1.62. The third kappa shape index (κ3) is 39.3. The van der Waals surface area contributed by atoms with Crippen molar-refractivity contribution in [1.82, 2.24) is 89.1 Å². The molecule has 6 fully saturated rings. The van der Waals surface area contributed by atoms with Crippen LogP contribution in [0.2, 0.25) is 0 Å². The molecule has 0 radical (unpaired) electrons. The molecule has 0 spiro atoms. The number of carbonyl (C=O) groups is 20. The Hall–Kier alpha value is -12.6. The van der Waals surface area contributed by atoms with Crippen molar-refractivity contribution in [3.8, 4) is 0 Å². The smallest absolute Gasteiger partial charge is 0.304 e. The van der Waals surface area contributed by atoms with Crippen LogP contribution in [0.3, 0.4) is 0 Å². The van der Waals surface area contributed by atoms with E-state index < -0.39 is 294 Å². The maximum absolute atomic E-state index is 14.2. The topological polar surface area (TPSA) is 641 Å². The number of rotatable bonds is 23. The summed E-state index contributed by atoms with van der Waals surface area (Å²) >= 11 is 0. The third-order valence-electron chi connectivity index (χ3n) is 26.9. The van der Waals surface area contributed by atoms with Crippen molar-refractivity contribution >= 4 is 118 Å². The van der Waals surface area contributed by atoms with Crippen molar-refractivity contribution in [2.45, 2.75) is 373 Å². The van der Waals surface area contributed by atoms with E-state index in [9.17, 15) is 127 Å². The van der Waals surface area contributed by atoms with Crippen LogP contribution in [-0.2, 0) is 115 Å². The summed E-state index contributed by atoms with van der Waals surface area (Å²) in [7, 11) is 0. The normalized spacial score (nSPS) is 27.6. The quantitative estimate of drug-likeness (QED) is 0.0635. The molecule has 9 rings (SSSR count). The number of carboxylic acid groups (broad SMARTS) is 3. The second-order valence-electron chi connectivity index (χ2n) is 44.1. The van der Waals surface area contributed by atoms with Crippen molar-refractivity contribution in [2.75, 3.05) is 32.7 Å². The predicted molar refractivity (Wildman–Crippen MR) is 552 cm³/mol. The van der Waals surface area contributed by atoms with Gasteiger partial charge in [-0.15, -0.1) is 0 Å². The number of nitrogens with zero attached hydrogens (tertiary/aromatic N) is 3. The minimum Gasteiger partial charge on any atom is -0.481 e. The average molecular weight is 2100 g/mol. The monoisotopic (exact) mass is 2100 g/mol. The Labute approximate surface area is 877 Å². The summed E-state index contributed by atoms with van der Waals surface area (Å²) in [6, 6.07) is 6.52. The molecule has 0 aromatic heterocycles. The number of aliphatic carboxylic acids is 3. The van der Waals surface area contributed by atoms with Gasteiger partial charge in [0.2, 0.25) is 82.7 Å². The van der Waals surface area contributed by atoms with Gasteiger partial charge in [-0.25, -0.2) is 0 Å². The number of nitrogens with one attached hydrogen (secondary N) is 14. The van der Waals surface area contributed by atoms with Gasteiger partial charge in [-0.05, 0) is 202 Å². The molecule has 0 saturated carbocycles. The standard InChI is InChI=1S/2C38H58N6O9.C31H45N5O8/c2*1-20(2)16-26-29(46)18-25(19-30(47)48)33(49)42-31(23(5)45)36(52)39-22(4)32(37(53)43-38(6,7)8)44-15-9-10-28(44)35(51)41-27(34(50)40-26)17-24-13-11-21(3)12-14-24;1-18(2)14-22-25(38)16-21(17-26(39)40)28(41)35-27(19(3)37)31(44)32-11-13-36-12-7-10-24(36)30(43)34-23(29(42)33-22)15-20-8-5-4-6-9-20/h2*11-14,20,22-23,25-28,31-32,45H,9-10,15-19H2,1-8H3,(H,39,52)(H,40,50)(H,41,51)(H,42,49)(H,43,53)(H,47,48);4-6,8-9,18-19,21-24,27,37H,7,10-17H2,1-3H3,(H,32,44)(H,33,42)(H,34,43)(H,35,41)(H,39,40)/t22-,23+,25-,26-,27+,28-,31-,32-;22-,23-,25+,26+,27-,28+,31+,32+;19-,21+,22+,23+,24+,27+/m011/s1. The lowest BCUT2D eigenvalue weighted by molar-refractivity contribution is -0.144. The lowest BCUT2D eigenvalue weighted by Gasteiger charge is -2.38. The fourth-order valence-corrected chi connectivity index (χ4v) is 19.5. The van der Waals surface area contributed by atoms with Crippen LogP contribution < -0.4 is 74.4 Å². The van der Waals surface area contributed by atoms with E-state index in [1.807, 2.05) is 139 Å². The van der Waals surface area contributed by atoms with Gasteiger partial charge in [0.1, 0.15) is 48.3 Å². The highest BCUT2D eigenvalue weighted by Crippen LogP contribution is 2.30. The lowest BCUT2D eigenvalue weighted by atomic mass is 9.90. The number of benzene rings is 3. The molecule has 0 bridgehead atoms. The van der Waals surface area contributed by atoms with Crippen molar-refractivity contribution < 1.29 is 127 Å². The number of hydrogen-bond acceptors (Lipinski definition) is 26. The molecule has 14 amide bonds. The van der Waals surface area contributed by atoms with E-state index in [0.717, 1.165) is 34.2 Å². The molecule has 3 aromatic carbocycles. The van der Waals surface area contributed by atoms with Crippen molar-refractivity contribution in [3.05, 3.63) is 107 Å². The van der Waals surface area contributed by atoms with Crippen LogP contribution in [0, 0.1) is 49.4 Å². The van der Waals surface area contributed by atoms with E-state index in [4.69, 9.17) is 0 Å². The minimum atomic E-state index is -1.58. The molecule has 0 unspecified atom stereocenters. The number of carboxylic acids is 3. The Balaban J connectivity index is 0.000000306. The Morgan fingerprint density at radius 1 is 0.347 bits per heavy atom. The molecule has 150 heavy (non-hydrogen) atoms. The molecule has 830 valence electrons. The number of ketones is 3. The SMILES string of the molecule is CC(C)C[C@@H]1NC(=O)[C@H](Cc2ccccc2)NC(=O)[C@@H]2CCCN2CCNC(=O)[C@H]([C@@H](C)O)NC(=O)[C@H](CC(=O)O)CC1=O.Cc1ccc(C[C@H]2NC(=O)[C@@H]3CCCN3[C@H](C(=O)NC(C)(C)C)[C@@H](C)NC(=O)[C@H]([C@@H](C)O)NC(=O)[C@H](CC(=O)O)CC(=O)[C@H](CC(C)C)NC2=O)cc1.Cc1ccc(C[C@H]2NC(=O)[C@@H]3CCCN3[C@H](C(=O)NC(C)(C)C)[C@H](C)NC(=O)[C@H]([C@@H](C)O)NC(=O)[C@H](CC(=O)O)CC(=O)[C@H](CC(C)C)NC2=O)cc1. The van der Waals surface area contributed by atoms with Gasteiger partial charge in [0.05, 0.1) is 104 Å². The maximum Gasteiger partial charge on any atom is 0.304 e. The predicted octanol–water partition coefficient (Wildman–Crippen LogP) is 1.22. The summed E-state index contributed by atoms with van der Waals surface area (Å²) in [5.41, 5.74) is 2.93. The van der Waals surface area contributed by atoms with Gasteiger partial charge in [0.25, 0.3) is 0 Å². The van der Waals surface area contributed by atoms with Crippen LogP contribution in [0.5, 0.6) is 0 Å². The summed E-state index contributed by atoms with van der Waals surface area (Å²) in [5.74, 6) is -19.6. The van der Waals surface area contributed by atoms with Crippen LogP contribution in [0.4, 0.5) is 0 Å². The first-order valence-corrected chi connectivity index (χ1v) is 52.1. The number of fused-ring (bicyclic) bond motifs is 3. The highest BCUT2D eigenvalue weighted by atomic mass is 16.4. The number of amides is 14. The van der Waals surface area contributed by atoms with Gasteiger partial charge in [0, 0.05) is 62.7 Å². The van der Waals surface area contributed by atoms with Crippen LogP contribution in [0.15, 0.2) is 78.9 Å². The van der Waals surface area contributed by atoms with Gasteiger partial charge < -0.3 is 105 Å². The van der Waals surface area contributed by atoms with E-state index in [0.29, 0.717) is 58.3 Å². The molecule has 43 heteroatoms. The van der Waals surface area contributed by atoms with E-state index in [1.54, 1.807) is 65.2 Å². The number of aliphatic hydroxyl groups excluding tert-OH is 3. The Morgan fingerprint density at radius 3 is 0.933 bits per heavy atom. The Morgan fingerprint density at radius 2 is 0.633 bits per heavy atom. The van der Waals surface area contributed by atoms with Crippen LogP contribution >= 0.6 is 0 Å². The molecular weight excluding hydrogens is 1940 g/mol. The van der Waals surface area contributed by atoms with E-state index >= 15 is 0 Å². The van der Waals surface area contributed by atoms with Crippen LogP contribution in [-0.4, -0.2) is 322 Å². The van der Waals surface area contributed by atoms with Crippen molar-refractivity contribution in [1.29, 1.82) is 0 Å². The zero-order chi connectivity index (χ0) is 112. The fourth-order valence-electron chi connectivity index (χ4n) is 19.5. The van der Waals surface area contributed by atoms with E-state index in [-0.39, 0.29) is 68.7 Å². The number of hydrogen-bond donors (Lipinski definition) is 20. The third-order valence-corrected chi connectivity index (χ3v) is 26.9. The van der Waals surface area contributed by atoms with Gasteiger partial charge in [0.15, 0.2) is 17.3 Å². The number of Topliss-reactive ketones (excluding diaryl/α,β-unsaturated/α-hetero) is 3. The zero-order valence-corrected chi connectivity index (χ0v) is 89.9. The minimum absolute atomic E-state index is 0.0496. The molecule has 20 N–H and O–H groups in total. The zero-order valence-electron chi connectivity index (χ0n) is 89.9. The summed E-state index contributed by atoms with van der Waals surface area (Å²) in [4.78, 5) is 274. The molecular formula is C107H161N17O26. The first-order valence-electron chi connectivity index (χ1n) is 52.1. The Kier molecular flexibility index (Phi) is 47.7. The number of aliphatic hydroxyl groups is 3. The summed E-state index contributed by atoms with van der Waals surface area (Å²) in [6.07, 6.45) is -4.16. The molecule has 6 aliphatic heterocycles. The molecule has 6 heterocycles. The first-order chi connectivity index (χ1) is 70.2. The molecule has 22 atom stereocenters. The van der Waals surface area contributed by atoms with Gasteiger partial charge >= 0.3 is 17.9 Å². The summed E-state index contributed by atoms with van der Waals surface area (Å²) in [6.45, 7) is 34.3. The molecule has 0 aliphatic carbocycles. The van der Waals surface area contributed by atoms with E-state index in [2.05, 4.69) is 74.4 Å². The maximum atomic E-state index is 14.2. The second-order valence-corrected chi connectivity index (χ2v) is 44.1. The second kappa shape index (κ2) is 57.6. The summed E-state index contributed by atoms with van der Waals surface area (Å²) < 4.78 is 0. The molecule has 6 aliphatic rings. The molecule has 6 saturated heterocycles. The highest BCUT2D eigenvalue weighted by molar-refractivity contribution is 6.02. The largest absolute Gasteiger partial charge is 0.481 e. The van der Waals surface area contributed by atoms with Gasteiger partial charge in [-0.2, -0.15) is 0 Å². The van der Waals surface area contributed by atoms with Crippen LogP contribution in [0.25, 0.3) is 0 Å².